The molecular formula is C25H21NO5. The molecule has 0 spiro atoms. The van der Waals surface area contributed by atoms with E-state index in [-0.39, 0.29) is 19.0 Å². The topological polar surface area (TPSA) is 76.1 Å². The molecule has 3 aromatic rings. The van der Waals surface area contributed by atoms with E-state index in [1.54, 1.807) is 41.3 Å². The number of para-hydroxylation sites is 1. The first-order valence-electron chi connectivity index (χ1n) is 10.2. The van der Waals surface area contributed by atoms with Crippen LogP contribution in [0.4, 0.5) is 5.69 Å². The van der Waals surface area contributed by atoms with Gasteiger partial charge in [-0.2, -0.15) is 0 Å². The summed E-state index contributed by atoms with van der Waals surface area (Å²) in [6.45, 7) is 0.527. The maximum absolute atomic E-state index is 13.3. The van der Waals surface area contributed by atoms with Crippen LogP contribution >= 0.6 is 0 Å². The van der Waals surface area contributed by atoms with E-state index < -0.39 is 11.5 Å². The molecule has 6 heteroatoms. The number of nitrogens with zero attached hydrogens (tertiary/aromatic N) is 1. The van der Waals surface area contributed by atoms with Gasteiger partial charge in [0.25, 0.3) is 5.91 Å². The number of fused-ring (bicyclic) bond motifs is 2. The van der Waals surface area contributed by atoms with Crippen LogP contribution in [0.3, 0.4) is 0 Å². The van der Waals surface area contributed by atoms with Crippen LogP contribution in [0.1, 0.15) is 27.9 Å². The van der Waals surface area contributed by atoms with Gasteiger partial charge in [-0.25, -0.2) is 0 Å². The first-order valence-corrected chi connectivity index (χ1v) is 10.2. The Morgan fingerprint density at radius 3 is 2.55 bits per heavy atom. The van der Waals surface area contributed by atoms with E-state index in [2.05, 4.69) is 0 Å². The molecule has 6 nitrogen and oxygen atoms in total. The number of aliphatic hydroxyl groups is 1. The predicted molar refractivity (Wildman–Crippen MR) is 114 cm³/mol. The van der Waals surface area contributed by atoms with E-state index >= 15 is 0 Å². The molecule has 0 aromatic heterocycles. The van der Waals surface area contributed by atoms with Crippen LogP contribution in [-0.4, -0.2) is 30.1 Å². The molecule has 0 bridgehead atoms. The number of rotatable bonds is 6. The molecule has 156 valence electrons. The van der Waals surface area contributed by atoms with Crippen molar-refractivity contribution in [3.63, 3.8) is 0 Å². The summed E-state index contributed by atoms with van der Waals surface area (Å²) in [5, 5.41) is 11.4. The minimum atomic E-state index is -1.90. The molecule has 2 heterocycles. The van der Waals surface area contributed by atoms with Crippen molar-refractivity contribution in [2.45, 2.75) is 18.4 Å². The molecule has 0 aliphatic carbocycles. The number of anilines is 1. The first-order chi connectivity index (χ1) is 15.1. The SMILES string of the molecule is O=C(C[C@@]1(O)C(=O)N(CCc2ccccc2)c2ccccc21)c1ccc2c(c1)OCO2. The number of carbonyl (C=O) groups is 2. The van der Waals surface area contributed by atoms with Crippen molar-refractivity contribution in [2.75, 3.05) is 18.2 Å². The molecule has 2 aliphatic rings. The van der Waals surface area contributed by atoms with Crippen LogP contribution in [0.5, 0.6) is 11.5 Å². The van der Waals surface area contributed by atoms with E-state index in [4.69, 9.17) is 9.47 Å². The maximum atomic E-state index is 13.3. The van der Waals surface area contributed by atoms with Crippen molar-refractivity contribution >= 4 is 17.4 Å². The Morgan fingerprint density at radius 2 is 1.71 bits per heavy atom. The van der Waals surface area contributed by atoms with Gasteiger partial charge in [0.2, 0.25) is 6.79 Å². The van der Waals surface area contributed by atoms with Gasteiger partial charge in [-0.3, -0.25) is 9.59 Å². The smallest absolute Gasteiger partial charge is 0.264 e. The molecule has 0 fully saturated rings. The molecule has 1 atom stereocenters. The third-order valence-corrected chi connectivity index (χ3v) is 5.82. The Kier molecular flexibility index (Phi) is 4.71. The molecule has 0 unspecified atom stereocenters. The Labute approximate surface area is 179 Å². The fraction of sp³-hybridized carbons (Fsp3) is 0.200. The lowest BCUT2D eigenvalue weighted by atomic mass is 9.88. The number of benzene rings is 3. The zero-order chi connectivity index (χ0) is 21.4. The predicted octanol–water partition coefficient (Wildman–Crippen LogP) is 3.47. The van der Waals surface area contributed by atoms with Crippen molar-refractivity contribution in [2.24, 2.45) is 0 Å². The molecule has 0 saturated heterocycles. The van der Waals surface area contributed by atoms with Crippen molar-refractivity contribution in [1.29, 1.82) is 0 Å². The highest BCUT2D eigenvalue weighted by Gasteiger charge is 2.50. The van der Waals surface area contributed by atoms with Crippen LogP contribution in [0.25, 0.3) is 0 Å². The molecule has 2 aliphatic heterocycles. The van der Waals surface area contributed by atoms with Crippen molar-refractivity contribution in [3.05, 3.63) is 89.5 Å². The number of ether oxygens (including phenoxy) is 2. The van der Waals surface area contributed by atoms with E-state index in [9.17, 15) is 14.7 Å². The quantitative estimate of drug-likeness (QED) is 0.624. The Bertz CT molecular complexity index is 1160. The van der Waals surface area contributed by atoms with E-state index in [1.165, 1.54) is 0 Å². The first kappa shape index (κ1) is 19.3. The molecular weight excluding hydrogens is 394 g/mol. The fourth-order valence-corrected chi connectivity index (χ4v) is 4.19. The van der Waals surface area contributed by atoms with Gasteiger partial charge in [-0.15, -0.1) is 0 Å². The minimum Gasteiger partial charge on any atom is -0.454 e. The summed E-state index contributed by atoms with van der Waals surface area (Å²) in [6.07, 6.45) is 0.303. The lowest BCUT2D eigenvalue weighted by Crippen LogP contribution is -2.42. The number of amides is 1. The summed E-state index contributed by atoms with van der Waals surface area (Å²) in [4.78, 5) is 27.9. The fourth-order valence-electron chi connectivity index (χ4n) is 4.19. The summed E-state index contributed by atoms with van der Waals surface area (Å²) < 4.78 is 10.6. The maximum Gasteiger partial charge on any atom is 0.264 e. The average molecular weight is 415 g/mol. The number of carbonyl (C=O) groups excluding carboxylic acids is 2. The van der Waals surface area contributed by atoms with Gasteiger partial charge < -0.3 is 19.5 Å². The molecule has 3 aromatic carbocycles. The molecule has 1 N–H and O–H groups in total. The number of Topliss-reactive ketones (excluding diaryl/α,β-unsaturated/α-hetero) is 1. The van der Waals surface area contributed by atoms with Gasteiger partial charge in [0, 0.05) is 17.7 Å². The average Bonchev–Trinajstić information content (AvgIpc) is 3.35. The number of ketones is 1. The Morgan fingerprint density at radius 1 is 0.968 bits per heavy atom. The van der Waals surface area contributed by atoms with Gasteiger partial charge in [0.1, 0.15) is 0 Å². The van der Waals surface area contributed by atoms with E-state index in [0.717, 1.165) is 5.56 Å². The third-order valence-electron chi connectivity index (χ3n) is 5.82. The van der Waals surface area contributed by atoms with Crippen molar-refractivity contribution in [1.82, 2.24) is 0 Å². The summed E-state index contributed by atoms with van der Waals surface area (Å²) in [5.74, 6) is 0.248. The molecule has 5 rings (SSSR count). The monoisotopic (exact) mass is 415 g/mol. The molecule has 31 heavy (non-hydrogen) atoms. The van der Waals surface area contributed by atoms with Crippen LogP contribution < -0.4 is 14.4 Å². The molecule has 0 saturated carbocycles. The summed E-state index contributed by atoms with van der Waals surface area (Å²) in [6, 6.07) is 21.8. The third kappa shape index (κ3) is 3.35. The lowest BCUT2D eigenvalue weighted by molar-refractivity contribution is -0.135. The van der Waals surface area contributed by atoms with Crippen molar-refractivity contribution < 1.29 is 24.2 Å². The normalized spacial score (nSPS) is 18.9. The second-order valence-corrected chi connectivity index (χ2v) is 7.74. The molecule has 0 radical (unpaired) electrons. The summed E-state index contributed by atoms with van der Waals surface area (Å²) in [5.41, 5.74) is 0.665. The largest absolute Gasteiger partial charge is 0.454 e. The summed E-state index contributed by atoms with van der Waals surface area (Å²) in [7, 11) is 0. The van der Waals surface area contributed by atoms with Crippen LogP contribution in [0.2, 0.25) is 0 Å². The highest BCUT2D eigenvalue weighted by atomic mass is 16.7. The van der Waals surface area contributed by atoms with Gasteiger partial charge in [-0.05, 0) is 36.2 Å². The van der Waals surface area contributed by atoms with Crippen LogP contribution in [0, 0.1) is 0 Å². The zero-order valence-electron chi connectivity index (χ0n) is 16.8. The number of hydrogen-bond donors (Lipinski definition) is 1. The highest BCUT2D eigenvalue weighted by molar-refractivity contribution is 6.10. The standard InChI is InChI=1S/C25H21NO5/c27-21(18-10-11-22-23(14-18)31-16-30-22)15-25(29)19-8-4-5-9-20(19)26(24(25)28)13-12-17-6-2-1-3-7-17/h1-11,14,29H,12-13,15-16H2/t25-/m0/s1. The minimum absolute atomic E-state index is 0.110. The second kappa shape index (κ2) is 7.56. The van der Waals surface area contributed by atoms with Crippen LogP contribution in [-0.2, 0) is 16.8 Å². The van der Waals surface area contributed by atoms with E-state index in [1.807, 2.05) is 36.4 Å². The molecule has 1 amide bonds. The van der Waals surface area contributed by atoms with Gasteiger partial charge in [0.15, 0.2) is 22.9 Å². The van der Waals surface area contributed by atoms with E-state index in [0.29, 0.717) is 41.3 Å². The lowest BCUT2D eigenvalue weighted by Gasteiger charge is -2.23. The van der Waals surface area contributed by atoms with Crippen LogP contribution in [0.15, 0.2) is 72.8 Å². The summed E-state index contributed by atoms with van der Waals surface area (Å²) >= 11 is 0. The van der Waals surface area contributed by atoms with Crippen molar-refractivity contribution in [3.8, 4) is 11.5 Å². The second-order valence-electron chi connectivity index (χ2n) is 7.74. The highest BCUT2D eigenvalue weighted by Crippen LogP contribution is 2.43. The number of hydrogen-bond acceptors (Lipinski definition) is 5. The Balaban J connectivity index is 1.41. The zero-order valence-corrected chi connectivity index (χ0v) is 16.8. The van der Waals surface area contributed by atoms with Gasteiger partial charge in [0.05, 0.1) is 12.1 Å². The Hall–Kier alpha value is -3.64. The van der Waals surface area contributed by atoms with Gasteiger partial charge >= 0.3 is 0 Å². The van der Waals surface area contributed by atoms with Gasteiger partial charge in [-0.1, -0.05) is 48.5 Å².